The Morgan fingerprint density at radius 1 is 1.26 bits per heavy atom. The van der Waals surface area contributed by atoms with E-state index in [1.807, 2.05) is 27.7 Å². The van der Waals surface area contributed by atoms with Crippen LogP contribution in [0.1, 0.15) is 27.7 Å². The van der Waals surface area contributed by atoms with Crippen LogP contribution in [0.5, 0.6) is 5.88 Å². The molecule has 0 atom stereocenters. The van der Waals surface area contributed by atoms with Crippen molar-refractivity contribution < 1.29 is 14.0 Å². The van der Waals surface area contributed by atoms with Crippen molar-refractivity contribution in [3.05, 3.63) is 11.1 Å². The fourth-order valence-corrected chi connectivity index (χ4v) is 1.96. The Hall–Kier alpha value is -0.975. The molecule has 2 N–H and O–H groups in total. The number of nitrogens with zero attached hydrogens (tertiary/aromatic N) is 1. The van der Waals surface area contributed by atoms with Crippen LogP contribution in [0, 0.1) is 0 Å². The highest BCUT2D eigenvalue weighted by Crippen LogP contribution is 2.37. The second-order valence-electron chi connectivity index (χ2n) is 5.54. The molecular weight excluding hydrogens is 266 g/mol. The first-order chi connectivity index (χ1) is 8.68. The molecule has 2 heterocycles. The summed E-state index contributed by atoms with van der Waals surface area (Å²) in [7, 11) is 0.940. The summed E-state index contributed by atoms with van der Waals surface area (Å²) in [5, 5.41) is 0.352. The Kier molecular flexibility index (Phi) is 3.45. The Bertz CT molecular complexity index is 492. The first-order valence-corrected chi connectivity index (χ1v) is 6.41. The van der Waals surface area contributed by atoms with E-state index in [1.54, 1.807) is 6.07 Å². The van der Waals surface area contributed by atoms with E-state index in [0.717, 1.165) is 0 Å². The molecule has 0 bridgehead atoms. The summed E-state index contributed by atoms with van der Waals surface area (Å²) in [4.78, 5) is 4.09. The normalized spacial score (nSPS) is 20.6. The molecule has 5 nitrogen and oxygen atoms in total. The van der Waals surface area contributed by atoms with E-state index in [0.29, 0.717) is 16.4 Å². The number of aromatic nitrogens is 1. The molecule has 1 aromatic heterocycles. The molecule has 0 amide bonds. The Morgan fingerprint density at radius 3 is 2.26 bits per heavy atom. The van der Waals surface area contributed by atoms with Crippen LogP contribution in [-0.4, -0.2) is 30.4 Å². The van der Waals surface area contributed by atoms with E-state index in [2.05, 4.69) is 4.98 Å². The molecule has 19 heavy (non-hydrogen) atoms. The summed E-state index contributed by atoms with van der Waals surface area (Å²) in [6.45, 7) is 7.91. The standard InChI is InChI=1S/C12H18BClN2O3/c1-11(2)12(3,4)19-13(18-11)7-6-8(14)9(15)16-10(7)17-5/h6H,1-5H3,(H2,15,16). The summed E-state index contributed by atoms with van der Waals surface area (Å²) < 4.78 is 17.1. The van der Waals surface area contributed by atoms with Crippen molar-refractivity contribution in [2.45, 2.75) is 38.9 Å². The van der Waals surface area contributed by atoms with Crippen molar-refractivity contribution in [3.63, 3.8) is 0 Å². The zero-order valence-electron chi connectivity index (χ0n) is 11.8. The van der Waals surface area contributed by atoms with Gasteiger partial charge in [-0.25, -0.2) is 0 Å². The lowest BCUT2D eigenvalue weighted by atomic mass is 9.79. The lowest BCUT2D eigenvalue weighted by Crippen LogP contribution is -2.41. The molecule has 0 saturated carbocycles. The number of hydrogen-bond acceptors (Lipinski definition) is 5. The van der Waals surface area contributed by atoms with Gasteiger partial charge < -0.3 is 19.8 Å². The van der Waals surface area contributed by atoms with E-state index in [4.69, 9.17) is 31.4 Å². The van der Waals surface area contributed by atoms with Gasteiger partial charge in [-0.2, -0.15) is 4.98 Å². The van der Waals surface area contributed by atoms with Gasteiger partial charge in [0.2, 0.25) is 5.88 Å². The number of nitrogens with two attached hydrogens (primary N) is 1. The van der Waals surface area contributed by atoms with Gasteiger partial charge in [0.25, 0.3) is 0 Å². The van der Waals surface area contributed by atoms with Crippen LogP contribution < -0.4 is 15.9 Å². The van der Waals surface area contributed by atoms with Crippen molar-refractivity contribution in [2.24, 2.45) is 0 Å². The van der Waals surface area contributed by atoms with Gasteiger partial charge in [0.1, 0.15) is 5.82 Å². The van der Waals surface area contributed by atoms with Crippen molar-refractivity contribution in [1.29, 1.82) is 0 Å². The molecule has 0 unspecified atom stereocenters. The van der Waals surface area contributed by atoms with E-state index < -0.39 is 18.3 Å². The predicted octanol–water partition coefficient (Wildman–Crippen LogP) is 1.62. The van der Waals surface area contributed by atoms with Gasteiger partial charge in [-0.1, -0.05) is 11.6 Å². The minimum absolute atomic E-state index is 0.221. The van der Waals surface area contributed by atoms with Gasteiger partial charge in [0.05, 0.1) is 23.3 Å². The zero-order valence-corrected chi connectivity index (χ0v) is 12.5. The molecular formula is C12H18BClN2O3. The first kappa shape index (κ1) is 14.4. The number of anilines is 1. The second-order valence-corrected chi connectivity index (χ2v) is 5.95. The highest BCUT2D eigenvalue weighted by Gasteiger charge is 2.52. The maximum Gasteiger partial charge on any atom is 0.500 e. The third-order valence-electron chi connectivity index (χ3n) is 3.70. The molecule has 104 valence electrons. The molecule has 0 spiro atoms. The lowest BCUT2D eigenvalue weighted by Gasteiger charge is -2.32. The zero-order chi connectivity index (χ0) is 14.4. The van der Waals surface area contributed by atoms with Crippen LogP contribution >= 0.6 is 11.6 Å². The van der Waals surface area contributed by atoms with Gasteiger partial charge in [0.15, 0.2) is 0 Å². The topological polar surface area (TPSA) is 66.6 Å². The summed E-state index contributed by atoms with van der Waals surface area (Å²) >= 11 is 6.01. The van der Waals surface area contributed by atoms with Crippen molar-refractivity contribution in [1.82, 2.24) is 4.98 Å². The molecule has 0 aliphatic carbocycles. The van der Waals surface area contributed by atoms with E-state index in [-0.39, 0.29) is 5.82 Å². The summed E-state index contributed by atoms with van der Waals surface area (Å²) in [6, 6.07) is 1.67. The van der Waals surface area contributed by atoms with Gasteiger partial charge >= 0.3 is 7.12 Å². The minimum atomic E-state index is -0.578. The van der Waals surface area contributed by atoms with Crippen molar-refractivity contribution in [3.8, 4) is 5.88 Å². The van der Waals surface area contributed by atoms with Crippen LogP contribution in [0.4, 0.5) is 5.82 Å². The fraction of sp³-hybridized carbons (Fsp3) is 0.583. The molecule has 0 aromatic carbocycles. The van der Waals surface area contributed by atoms with Gasteiger partial charge in [0, 0.05) is 5.46 Å². The Morgan fingerprint density at radius 2 is 1.79 bits per heavy atom. The third kappa shape index (κ3) is 2.40. The highest BCUT2D eigenvalue weighted by atomic mass is 35.5. The van der Waals surface area contributed by atoms with Crippen LogP contribution in [0.15, 0.2) is 6.07 Å². The van der Waals surface area contributed by atoms with E-state index >= 15 is 0 Å². The maximum atomic E-state index is 6.01. The average molecular weight is 285 g/mol. The van der Waals surface area contributed by atoms with E-state index in [1.165, 1.54) is 7.11 Å². The summed E-state index contributed by atoms with van der Waals surface area (Å²) in [5.74, 6) is 0.583. The molecule has 1 fully saturated rings. The van der Waals surface area contributed by atoms with Crippen LogP contribution in [0.3, 0.4) is 0 Å². The number of nitrogen functional groups attached to an aromatic ring is 1. The largest absolute Gasteiger partial charge is 0.500 e. The summed E-state index contributed by atoms with van der Waals surface area (Å²) in [5.41, 5.74) is 5.44. The predicted molar refractivity (Wildman–Crippen MR) is 75.9 cm³/mol. The number of hydrogen-bond donors (Lipinski definition) is 1. The number of rotatable bonds is 2. The number of pyridine rings is 1. The first-order valence-electron chi connectivity index (χ1n) is 6.03. The van der Waals surface area contributed by atoms with Crippen molar-refractivity contribution in [2.75, 3.05) is 12.8 Å². The third-order valence-corrected chi connectivity index (χ3v) is 4.00. The Labute approximate surface area is 118 Å². The molecule has 2 rings (SSSR count). The molecule has 1 aliphatic heterocycles. The maximum absolute atomic E-state index is 6.01. The van der Waals surface area contributed by atoms with Crippen LogP contribution in [0.2, 0.25) is 5.02 Å². The van der Waals surface area contributed by atoms with Gasteiger partial charge in [-0.15, -0.1) is 0 Å². The Balaban J connectivity index is 2.42. The molecule has 1 aliphatic rings. The van der Waals surface area contributed by atoms with Crippen LogP contribution in [0.25, 0.3) is 0 Å². The quantitative estimate of drug-likeness (QED) is 0.836. The molecule has 1 aromatic rings. The van der Waals surface area contributed by atoms with Crippen molar-refractivity contribution >= 4 is 30.0 Å². The van der Waals surface area contributed by atoms with Crippen LogP contribution in [-0.2, 0) is 9.31 Å². The second kappa shape index (κ2) is 4.54. The van der Waals surface area contributed by atoms with E-state index in [9.17, 15) is 0 Å². The monoisotopic (exact) mass is 284 g/mol. The fourth-order valence-electron chi connectivity index (χ4n) is 1.80. The lowest BCUT2D eigenvalue weighted by molar-refractivity contribution is 0.00578. The molecule has 1 saturated heterocycles. The van der Waals surface area contributed by atoms with Gasteiger partial charge in [-0.3, -0.25) is 0 Å². The number of ether oxygens (including phenoxy) is 1. The van der Waals surface area contributed by atoms with Gasteiger partial charge in [-0.05, 0) is 33.8 Å². The molecule has 0 radical (unpaired) electrons. The highest BCUT2D eigenvalue weighted by molar-refractivity contribution is 6.63. The molecule has 7 heteroatoms. The number of methoxy groups -OCH3 is 1. The SMILES string of the molecule is COc1nc(N)c(Cl)cc1B1OC(C)(C)C(C)(C)O1. The smallest absolute Gasteiger partial charge is 0.481 e. The summed E-state index contributed by atoms with van der Waals surface area (Å²) in [6.07, 6.45) is 0. The average Bonchev–Trinajstić information content (AvgIpc) is 2.51. The minimum Gasteiger partial charge on any atom is -0.481 e. The number of halogens is 1.